The molecular weight excluding hydrogens is 330 g/mol. The van der Waals surface area contributed by atoms with Gasteiger partial charge in [0.1, 0.15) is 11.7 Å². The molecule has 0 spiro atoms. The Morgan fingerprint density at radius 1 is 1.40 bits per heavy atom. The molecule has 0 saturated carbocycles. The van der Waals surface area contributed by atoms with Gasteiger partial charge in [-0.25, -0.2) is 9.69 Å². The van der Waals surface area contributed by atoms with E-state index in [0.717, 1.165) is 4.90 Å². The lowest BCUT2D eigenvalue weighted by Crippen LogP contribution is -2.58. The van der Waals surface area contributed by atoms with Crippen molar-refractivity contribution in [3.05, 3.63) is 0 Å². The van der Waals surface area contributed by atoms with Gasteiger partial charge in [0, 0.05) is 0 Å². The van der Waals surface area contributed by atoms with Crippen molar-refractivity contribution in [1.29, 1.82) is 0 Å². The molecule has 0 aromatic rings. The maximum absolute atomic E-state index is 12.3. The molecule has 4 atom stereocenters. The van der Waals surface area contributed by atoms with Crippen molar-refractivity contribution < 1.29 is 23.9 Å². The molecule has 0 aromatic carbocycles. The van der Waals surface area contributed by atoms with E-state index >= 15 is 0 Å². The predicted octanol–water partition coefficient (Wildman–Crippen LogP) is 1.85. The summed E-state index contributed by atoms with van der Waals surface area (Å²) in [5, 5.41) is 0. The average molecular weight is 348 g/mol. The number of likely N-dealkylation sites (tertiary alicyclic amines) is 1. The van der Waals surface area contributed by atoms with Gasteiger partial charge in [0.05, 0.1) is 16.8 Å². The van der Waals surface area contributed by atoms with Crippen LogP contribution in [0, 0.1) is 5.92 Å². The van der Waals surface area contributed by atoms with Crippen LogP contribution in [0.25, 0.3) is 0 Å². The Labute approximate surface area is 125 Å². The van der Waals surface area contributed by atoms with Gasteiger partial charge < -0.3 is 9.47 Å². The number of imide groups is 1. The molecule has 2 amide bonds. The molecule has 2 heterocycles. The molecule has 2 aliphatic heterocycles. The number of rotatable bonds is 0. The standard InChI is InChI=1S/C13H18BrNO5/c1-6-9-7(11(17)19-6)5-8(14)10(16)15(9)12(18)20-13(2,3)4/h6-9H,5H2,1-4H3. The number of hydrogen-bond acceptors (Lipinski definition) is 5. The predicted molar refractivity (Wildman–Crippen MR) is 73.2 cm³/mol. The smallest absolute Gasteiger partial charge is 0.417 e. The SMILES string of the molecule is CC1OC(=O)C2CC(Br)C(=O)N(C(=O)OC(C)(C)C)C12. The molecule has 4 unspecified atom stereocenters. The average Bonchev–Trinajstić information content (AvgIpc) is 2.53. The van der Waals surface area contributed by atoms with Crippen LogP contribution in [0.1, 0.15) is 34.1 Å². The molecule has 2 aliphatic rings. The quantitative estimate of drug-likeness (QED) is 0.493. The van der Waals surface area contributed by atoms with E-state index in [-0.39, 0.29) is 11.9 Å². The first-order valence-corrected chi connectivity index (χ1v) is 7.44. The lowest BCUT2D eigenvalue weighted by molar-refractivity contribution is -0.144. The number of fused-ring (bicyclic) bond motifs is 1. The molecule has 112 valence electrons. The molecule has 20 heavy (non-hydrogen) atoms. The fraction of sp³-hybridized carbons (Fsp3) is 0.769. The first-order chi connectivity index (χ1) is 9.11. The number of hydrogen-bond donors (Lipinski definition) is 0. The number of cyclic esters (lactones) is 1. The molecule has 0 aromatic heterocycles. The van der Waals surface area contributed by atoms with Crippen LogP contribution >= 0.6 is 15.9 Å². The second kappa shape index (κ2) is 5.02. The van der Waals surface area contributed by atoms with Gasteiger partial charge in [-0.2, -0.15) is 0 Å². The third-order valence-electron chi connectivity index (χ3n) is 3.35. The van der Waals surface area contributed by atoms with Crippen LogP contribution in [0.3, 0.4) is 0 Å². The summed E-state index contributed by atoms with van der Waals surface area (Å²) >= 11 is 3.22. The van der Waals surface area contributed by atoms with Gasteiger partial charge >= 0.3 is 12.1 Å². The first kappa shape index (κ1) is 15.3. The van der Waals surface area contributed by atoms with E-state index in [1.54, 1.807) is 27.7 Å². The largest absolute Gasteiger partial charge is 0.460 e. The maximum Gasteiger partial charge on any atom is 0.417 e. The molecule has 0 bridgehead atoms. The van der Waals surface area contributed by atoms with Gasteiger partial charge in [-0.3, -0.25) is 9.59 Å². The lowest BCUT2D eigenvalue weighted by atomic mass is 9.88. The van der Waals surface area contributed by atoms with Crippen LogP contribution in [-0.2, 0) is 19.1 Å². The number of piperidine rings is 1. The van der Waals surface area contributed by atoms with Crippen molar-refractivity contribution in [2.75, 3.05) is 0 Å². The Kier molecular flexibility index (Phi) is 3.83. The first-order valence-electron chi connectivity index (χ1n) is 6.52. The second-order valence-electron chi connectivity index (χ2n) is 6.13. The van der Waals surface area contributed by atoms with Crippen LogP contribution in [0.2, 0.25) is 0 Å². The number of amides is 2. The molecule has 0 radical (unpaired) electrons. The third kappa shape index (κ3) is 2.68. The van der Waals surface area contributed by atoms with E-state index in [0.29, 0.717) is 6.42 Å². The molecule has 7 heteroatoms. The Balaban J connectivity index is 2.30. The van der Waals surface area contributed by atoms with Crippen molar-refractivity contribution in [1.82, 2.24) is 4.90 Å². The Morgan fingerprint density at radius 3 is 2.55 bits per heavy atom. The van der Waals surface area contributed by atoms with Crippen LogP contribution in [-0.4, -0.2) is 45.4 Å². The summed E-state index contributed by atoms with van der Waals surface area (Å²) in [6, 6.07) is -0.585. The van der Waals surface area contributed by atoms with Crippen LogP contribution in [0.4, 0.5) is 4.79 Å². The van der Waals surface area contributed by atoms with E-state index in [1.807, 2.05) is 0 Å². The van der Waals surface area contributed by atoms with Gasteiger partial charge in [0.2, 0.25) is 5.91 Å². The summed E-state index contributed by atoms with van der Waals surface area (Å²) in [7, 11) is 0. The fourth-order valence-electron chi connectivity index (χ4n) is 2.58. The summed E-state index contributed by atoms with van der Waals surface area (Å²) in [5.41, 5.74) is -0.709. The molecule has 0 N–H and O–H groups in total. The van der Waals surface area contributed by atoms with E-state index in [2.05, 4.69) is 15.9 Å². The zero-order valence-electron chi connectivity index (χ0n) is 11.9. The van der Waals surface area contributed by atoms with E-state index < -0.39 is 34.6 Å². The Morgan fingerprint density at radius 2 is 2.00 bits per heavy atom. The summed E-state index contributed by atoms with van der Waals surface area (Å²) in [6.45, 7) is 6.86. The van der Waals surface area contributed by atoms with Crippen LogP contribution in [0.15, 0.2) is 0 Å². The monoisotopic (exact) mass is 347 g/mol. The highest BCUT2D eigenvalue weighted by molar-refractivity contribution is 9.10. The number of carbonyl (C=O) groups excluding carboxylic acids is 3. The maximum atomic E-state index is 12.3. The highest BCUT2D eigenvalue weighted by atomic mass is 79.9. The number of nitrogens with zero attached hydrogens (tertiary/aromatic N) is 1. The highest BCUT2D eigenvalue weighted by Crippen LogP contribution is 2.37. The Hall–Kier alpha value is -1.11. The zero-order valence-corrected chi connectivity index (χ0v) is 13.5. The molecule has 6 nitrogen and oxygen atoms in total. The van der Waals surface area contributed by atoms with Crippen molar-refractivity contribution in [2.24, 2.45) is 5.92 Å². The lowest BCUT2D eigenvalue weighted by Gasteiger charge is -2.37. The number of esters is 1. The van der Waals surface area contributed by atoms with Crippen LogP contribution < -0.4 is 0 Å². The number of halogens is 1. The van der Waals surface area contributed by atoms with Gasteiger partial charge in [-0.1, -0.05) is 15.9 Å². The van der Waals surface area contributed by atoms with Gasteiger partial charge in [0.25, 0.3) is 0 Å². The van der Waals surface area contributed by atoms with Gasteiger partial charge in [-0.15, -0.1) is 0 Å². The molecule has 2 saturated heterocycles. The highest BCUT2D eigenvalue weighted by Gasteiger charge is 2.55. The fourth-order valence-corrected chi connectivity index (χ4v) is 3.20. The summed E-state index contributed by atoms with van der Waals surface area (Å²) in [6.07, 6.45) is -0.901. The van der Waals surface area contributed by atoms with Crippen molar-refractivity contribution >= 4 is 33.9 Å². The minimum absolute atomic E-state index is 0.339. The van der Waals surface area contributed by atoms with Crippen molar-refractivity contribution in [3.63, 3.8) is 0 Å². The van der Waals surface area contributed by atoms with E-state index in [1.165, 1.54) is 0 Å². The zero-order chi connectivity index (χ0) is 15.2. The van der Waals surface area contributed by atoms with E-state index in [9.17, 15) is 14.4 Å². The molecular formula is C13H18BrNO5. The molecule has 2 rings (SSSR count). The number of carbonyl (C=O) groups is 3. The topological polar surface area (TPSA) is 72.9 Å². The summed E-state index contributed by atoms with van der Waals surface area (Å²) < 4.78 is 10.4. The summed E-state index contributed by atoms with van der Waals surface area (Å²) in [4.78, 5) is 36.8. The van der Waals surface area contributed by atoms with Gasteiger partial charge in [-0.05, 0) is 34.1 Å². The third-order valence-corrected chi connectivity index (χ3v) is 4.12. The van der Waals surface area contributed by atoms with Gasteiger partial charge in [0.15, 0.2) is 0 Å². The summed E-state index contributed by atoms with van der Waals surface area (Å²) in [5.74, 6) is -1.24. The normalized spacial score (nSPS) is 33.8. The molecule has 0 aliphatic carbocycles. The van der Waals surface area contributed by atoms with Crippen molar-refractivity contribution in [3.8, 4) is 0 Å². The van der Waals surface area contributed by atoms with Crippen LogP contribution in [0.5, 0.6) is 0 Å². The molecule has 2 fully saturated rings. The minimum atomic E-state index is -0.730. The Bertz CT molecular complexity index is 458. The number of alkyl halides is 1. The van der Waals surface area contributed by atoms with Crippen molar-refractivity contribution in [2.45, 2.75) is 56.7 Å². The van der Waals surface area contributed by atoms with E-state index in [4.69, 9.17) is 9.47 Å². The minimum Gasteiger partial charge on any atom is -0.460 e. The second-order valence-corrected chi connectivity index (χ2v) is 7.24. The number of ether oxygens (including phenoxy) is 2.